The van der Waals surface area contributed by atoms with Gasteiger partial charge < -0.3 is 19.3 Å². The lowest BCUT2D eigenvalue weighted by Gasteiger charge is -2.30. The predicted molar refractivity (Wildman–Crippen MR) is 115 cm³/mol. The molecule has 0 aliphatic carbocycles. The number of aromatic nitrogens is 4. The van der Waals surface area contributed by atoms with Crippen LogP contribution in [0, 0.1) is 0 Å². The third-order valence-corrected chi connectivity index (χ3v) is 5.76. The smallest absolute Gasteiger partial charge is 0.230 e. The highest BCUT2D eigenvalue weighted by molar-refractivity contribution is 5.93. The second kappa shape index (κ2) is 9.11. The van der Waals surface area contributed by atoms with Crippen LogP contribution in [-0.2, 0) is 14.3 Å². The maximum Gasteiger partial charge on any atom is 0.230 e. The molecule has 0 saturated carbocycles. The Hall–Kier alpha value is -2.85. The van der Waals surface area contributed by atoms with Crippen molar-refractivity contribution in [3.05, 3.63) is 18.2 Å². The first-order chi connectivity index (χ1) is 15.3. The SMILES string of the molecule is O=C1CCCCN1c1cccc(-c2nc(N3CCOCC3)nc(N3CCOCC3)n2)n1. The van der Waals surface area contributed by atoms with E-state index in [0.717, 1.165) is 39.0 Å². The molecule has 3 aliphatic heterocycles. The van der Waals surface area contributed by atoms with Gasteiger partial charge in [0.1, 0.15) is 11.5 Å². The summed E-state index contributed by atoms with van der Waals surface area (Å²) in [6.07, 6.45) is 2.50. The summed E-state index contributed by atoms with van der Waals surface area (Å²) in [7, 11) is 0. The minimum Gasteiger partial charge on any atom is -0.378 e. The molecule has 31 heavy (non-hydrogen) atoms. The van der Waals surface area contributed by atoms with E-state index >= 15 is 0 Å². The van der Waals surface area contributed by atoms with E-state index < -0.39 is 0 Å². The summed E-state index contributed by atoms with van der Waals surface area (Å²) >= 11 is 0. The molecule has 10 nitrogen and oxygen atoms in total. The fourth-order valence-corrected chi connectivity index (χ4v) is 4.02. The predicted octanol–water partition coefficient (Wildman–Crippen LogP) is 1.12. The van der Waals surface area contributed by atoms with Gasteiger partial charge in [-0.1, -0.05) is 6.07 Å². The van der Waals surface area contributed by atoms with E-state index in [2.05, 4.69) is 9.80 Å². The van der Waals surface area contributed by atoms with Crippen molar-refractivity contribution < 1.29 is 14.3 Å². The highest BCUT2D eigenvalue weighted by atomic mass is 16.5. The van der Waals surface area contributed by atoms with Crippen LogP contribution in [0.2, 0.25) is 0 Å². The number of pyridine rings is 1. The molecular weight excluding hydrogens is 398 g/mol. The van der Waals surface area contributed by atoms with Crippen LogP contribution in [0.15, 0.2) is 18.2 Å². The lowest BCUT2D eigenvalue weighted by atomic mass is 10.1. The first-order valence-corrected chi connectivity index (χ1v) is 11.0. The normalized spacial score (nSPS) is 20.3. The van der Waals surface area contributed by atoms with E-state index in [0.29, 0.717) is 68.6 Å². The van der Waals surface area contributed by atoms with Crippen molar-refractivity contribution in [3.8, 4) is 11.5 Å². The van der Waals surface area contributed by atoms with Gasteiger partial charge in [-0.15, -0.1) is 0 Å². The van der Waals surface area contributed by atoms with Gasteiger partial charge in [0, 0.05) is 39.1 Å². The Morgan fingerprint density at radius 1 is 0.742 bits per heavy atom. The fraction of sp³-hybridized carbons (Fsp3) is 0.571. The molecular formula is C21H27N7O3. The van der Waals surface area contributed by atoms with Crippen LogP contribution < -0.4 is 14.7 Å². The minimum atomic E-state index is 0.120. The average molecular weight is 425 g/mol. The lowest BCUT2D eigenvalue weighted by molar-refractivity contribution is -0.119. The molecule has 0 N–H and O–H groups in total. The van der Waals surface area contributed by atoms with Crippen molar-refractivity contribution >= 4 is 23.6 Å². The number of rotatable bonds is 4. The summed E-state index contributed by atoms with van der Waals surface area (Å²) in [4.78, 5) is 37.4. The first-order valence-electron chi connectivity index (χ1n) is 11.0. The third-order valence-electron chi connectivity index (χ3n) is 5.76. The fourth-order valence-electron chi connectivity index (χ4n) is 4.02. The molecule has 2 aromatic rings. The Kier molecular flexibility index (Phi) is 5.90. The summed E-state index contributed by atoms with van der Waals surface area (Å²) in [5, 5.41) is 0. The molecule has 2 aromatic heterocycles. The number of hydrogen-bond acceptors (Lipinski definition) is 9. The van der Waals surface area contributed by atoms with Crippen molar-refractivity contribution in [1.29, 1.82) is 0 Å². The Bertz CT molecular complexity index is 893. The average Bonchev–Trinajstić information content (AvgIpc) is 2.85. The van der Waals surface area contributed by atoms with Gasteiger partial charge in [-0.2, -0.15) is 15.0 Å². The molecule has 5 rings (SSSR count). The molecule has 3 aliphatic rings. The number of piperidine rings is 1. The summed E-state index contributed by atoms with van der Waals surface area (Å²) in [5.41, 5.74) is 0.641. The molecule has 164 valence electrons. The summed E-state index contributed by atoms with van der Waals surface area (Å²) in [6.45, 7) is 6.26. The van der Waals surface area contributed by atoms with E-state index in [-0.39, 0.29) is 5.91 Å². The van der Waals surface area contributed by atoms with Crippen LogP contribution in [-0.4, -0.2) is 85.0 Å². The molecule has 1 amide bonds. The number of nitrogens with zero attached hydrogens (tertiary/aromatic N) is 7. The largest absolute Gasteiger partial charge is 0.378 e. The number of hydrogen-bond donors (Lipinski definition) is 0. The quantitative estimate of drug-likeness (QED) is 0.714. The number of anilines is 3. The Morgan fingerprint density at radius 2 is 1.39 bits per heavy atom. The number of carbonyl (C=O) groups is 1. The van der Waals surface area contributed by atoms with E-state index in [1.807, 2.05) is 18.2 Å². The second-order valence-corrected chi connectivity index (χ2v) is 7.84. The molecule has 0 unspecified atom stereocenters. The van der Waals surface area contributed by atoms with Gasteiger partial charge in [0.2, 0.25) is 17.8 Å². The van der Waals surface area contributed by atoms with Gasteiger partial charge >= 0.3 is 0 Å². The first kappa shape index (κ1) is 20.1. The maximum absolute atomic E-state index is 12.4. The van der Waals surface area contributed by atoms with Gasteiger partial charge in [0.15, 0.2) is 5.82 Å². The Labute approximate surface area is 181 Å². The zero-order chi connectivity index (χ0) is 21.0. The molecule has 3 fully saturated rings. The third kappa shape index (κ3) is 4.45. The van der Waals surface area contributed by atoms with Crippen LogP contribution in [0.25, 0.3) is 11.5 Å². The highest BCUT2D eigenvalue weighted by Gasteiger charge is 2.24. The van der Waals surface area contributed by atoms with Crippen molar-refractivity contribution in [1.82, 2.24) is 19.9 Å². The van der Waals surface area contributed by atoms with E-state index in [1.54, 1.807) is 4.90 Å². The number of amides is 1. The van der Waals surface area contributed by atoms with Gasteiger partial charge in [0.25, 0.3) is 0 Å². The van der Waals surface area contributed by atoms with Gasteiger partial charge in [0.05, 0.1) is 26.4 Å². The van der Waals surface area contributed by atoms with Crippen LogP contribution in [0.5, 0.6) is 0 Å². The lowest BCUT2D eigenvalue weighted by Crippen LogP contribution is -2.40. The van der Waals surface area contributed by atoms with E-state index in [9.17, 15) is 4.79 Å². The number of carbonyl (C=O) groups excluding carboxylic acids is 1. The zero-order valence-electron chi connectivity index (χ0n) is 17.6. The van der Waals surface area contributed by atoms with Crippen LogP contribution in [0.4, 0.5) is 17.7 Å². The zero-order valence-corrected chi connectivity index (χ0v) is 17.6. The topological polar surface area (TPSA) is 96.8 Å². The molecule has 0 atom stereocenters. The number of morpholine rings is 2. The second-order valence-electron chi connectivity index (χ2n) is 7.84. The van der Waals surface area contributed by atoms with Crippen LogP contribution >= 0.6 is 0 Å². The molecule has 0 spiro atoms. The van der Waals surface area contributed by atoms with E-state index in [4.69, 9.17) is 29.4 Å². The molecule has 0 aromatic carbocycles. The van der Waals surface area contributed by atoms with Crippen molar-refractivity contribution in [2.45, 2.75) is 19.3 Å². The van der Waals surface area contributed by atoms with E-state index in [1.165, 1.54) is 0 Å². The summed E-state index contributed by atoms with van der Waals surface area (Å²) in [6, 6.07) is 5.67. The van der Waals surface area contributed by atoms with Gasteiger partial charge in [-0.3, -0.25) is 9.69 Å². The molecule has 3 saturated heterocycles. The Morgan fingerprint density at radius 3 is 2.00 bits per heavy atom. The number of ether oxygens (including phenoxy) is 2. The molecule has 5 heterocycles. The summed E-state index contributed by atoms with van der Waals surface area (Å²) < 4.78 is 11.0. The highest BCUT2D eigenvalue weighted by Crippen LogP contribution is 2.25. The minimum absolute atomic E-state index is 0.120. The van der Waals surface area contributed by atoms with Gasteiger partial charge in [-0.25, -0.2) is 4.98 Å². The van der Waals surface area contributed by atoms with Crippen molar-refractivity contribution in [2.75, 3.05) is 73.9 Å². The van der Waals surface area contributed by atoms with Crippen LogP contribution in [0.1, 0.15) is 19.3 Å². The Balaban J connectivity index is 1.51. The molecule has 10 heteroatoms. The van der Waals surface area contributed by atoms with Crippen molar-refractivity contribution in [3.63, 3.8) is 0 Å². The maximum atomic E-state index is 12.4. The van der Waals surface area contributed by atoms with Gasteiger partial charge in [-0.05, 0) is 25.0 Å². The monoisotopic (exact) mass is 425 g/mol. The molecule has 0 bridgehead atoms. The molecule has 0 radical (unpaired) electrons. The van der Waals surface area contributed by atoms with Crippen LogP contribution in [0.3, 0.4) is 0 Å². The standard InChI is InChI=1S/C21H27N7O3/c29-18-6-1-2-7-28(18)17-5-3-4-16(22-17)19-23-20(26-8-12-30-13-9-26)25-21(24-19)27-10-14-31-15-11-27/h3-5H,1-2,6-15H2. The summed E-state index contributed by atoms with van der Waals surface area (Å²) in [5.74, 6) is 2.56. The van der Waals surface area contributed by atoms with Crippen molar-refractivity contribution in [2.24, 2.45) is 0 Å².